The molecule has 0 bridgehead atoms. The number of rotatable bonds is 8. The summed E-state index contributed by atoms with van der Waals surface area (Å²) in [7, 11) is 0. The van der Waals surface area contributed by atoms with Crippen molar-refractivity contribution in [3.05, 3.63) is 54.6 Å². The van der Waals surface area contributed by atoms with Gasteiger partial charge < -0.3 is 10.6 Å². The summed E-state index contributed by atoms with van der Waals surface area (Å²) in [5, 5.41) is 9.63. The number of aromatic nitrogens is 3. The Morgan fingerprint density at radius 1 is 1.38 bits per heavy atom. The van der Waals surface area contributed by atoms with Gasteiger partial charge in [0.05, 0.1) is 13.0 Å². The molecule has 24 heavy (non-hydrogen) atoms. The van der Waals surface area contributed by atoms with Gasteiger partial charge in [0.15, 0.2) is 0 Å². The highest BCUT2D eigenvalue weighted by molar-refractivity contribution is 5.98. The summed E-state index contributed by atoms with van der Waals surface area (Å²) in [5.74, 6) is 0.331. The van der Waals surface area contributed by atoms with E-state index >= 15 is 0 Å². The van der Waals surface area contributed by atoms with E-state index in [0.29, 0.717) is 12.2 Å². The van der Waals surface area contributed by atoms with Crippen molar-refractivity contribution in [3.8, 4) is 0 Å². The highest BCUT2D eigenvalue weighted by atomic mass is 16.2. The van der Waals surface area contributed by atoms with Crippen molar-refractivity contribution in [1.29, 1.82) is 0 Å². The van der Waals surface area contributed by atoms with E-state index < -0.39 is 0 Å². The second kappa shape index (κ2) is 8.61. The first kappa shape index (κ1) is 17.4. The first-order chi connectivity index (χ1) is 11.6. The van der Waals surface area contributed by atoms with Gasteiger partial charge in [0, 0.05) is 12.2 Å². The van der Waals surface area contributed by atoms with Crippen molar-refractivity contribution in [2.75, 3.05) is 5.32 Å². The van der Waals surface area contributed by atoms with Crippen LogP contribution in [0.15, 0.2) is 43.2 Å². The Labute approximate surface area is 140 Å². The van der Waals surface area contributed by atoms with Gasteiger partial charge in [-0.1, -0.05) is 25.6 Å². The molecule has 0 saturated heterocycles. The van der Waals surface area contributed by atoms with Crippen molar-refractivity contribution < 1.29 is 9.59 Å². The van der Waals surface area contributed by atoms with Gasteiger partial charge in [-0.2, -0.15) is 5.10 Å². The fourth-order valence-corrected chi connectivity index (χ4v) is 2.20. The molecule has 2 N–H and O–H groups in total. The maximum atomic E-state index is 12.1. The first-order valence-electron chi connectivity index (χ1n) is 7.78. The van der Waals surface area contributed by atoms with Crippen molar-refractivity contribution in [1.82, 2.24) is 20.1 Å². The SMILES string of the molecule is C=CC(=O)Nc1cccc(CC(=O)NCc2ncnn2CCC)c1. The lowest BCUT2D eigenvalue weighted by atomic mass is 10.1. The maximum absolute atomic E-state index is 12.1. The van der Waals surface area contributed by atoms with Crippen LogP contribution in [0.1, 0.15) is 24.7 Å². The van der Waals surface area contributed by atoms with Crippen molar-refractivity contribution in [2.45, 2.75) is 32.9 Å². The molecule has 0 spiro atoms. The number of amides is 2. The van der Waals surface area contributed by atoms with Crippen LogP contribution in [0.5, 0.6) is 0 Å². The van der Waals surface area contributed by atoms with Crippen LogP contribution in [0, 0.1) is 0 Å². The van der Waals surface area contributed by atoms with E-state index in [0.717, 1.165) is 24.4 Å². The van der Waals surface area contributed by atoms with Crippen LogP contribution in [0.25, 0.3) is 0 Å². The van der Waals surface area contributed by atoms with Crippen LogP contribution in [0.3, 0.4) is 0 Å². The van der Waals surface area contributed by atoms with Gasteiger partial charge in [-0.15, -0.1) is 0 Å². The second-order valence-corrected chi connectivity index (χ2v) is 5.25. The number of benzene rings is 1. The van der Waals surface area contributed by atoms with E-state index in [-0.39, 0.29) is 18.2 Å². The fraction of sp³-hybridized carbons (Fsp3) is 0.294. The Kier molecular flexibility index (Phi) is 6.24. The van der Waals surface area contributed by atoms with Crippen molar-refractivity contribution >= 4 is 17.5 Å². The van der Waals surface area contributed by atoms with Crippen LogP contribution in [-0.4, -0.2) is 26.6 Å². The van der Waals surface area contributed by atoms with Gasteiger partial charge in [0.25, 0.3) is 0 Å². The molecule has 0 saturated carbocycles. The molecule has 0 radical (unpaired) electrons. The molecule has 0 fully saturated rings. The third-order valence-corrected chi connectivity index (χ3v) is 3.32. The summed E-state index contributed by atoms with van der Waals surface area (Å²) >= 11 is 0. The fourth-order valence-electron chi connectivity index (χ4n) is 2.20. The molecule has 2 rings (SSSR count). The summed E-state index contributed by atoms with van der Waals surface area (Å²) in [4.78, 5) is 27.6. The minimum Gasteiger partial charge on any atom is -0.349 e. The van der Waals surface area contributed by atoms with Crippen LogP contribution >= 0.6 is 0 Å². The predicted molar refractivity (Wildman–Crippen MR) is 91.1 cm³/mol. The second-order valence-electron chi connectivity index (χ2n) is 5.25. The molecule has 2 aromatic rings. The topological polar surface area (TPSA) is 88.9 Å². The van der Waals surface area contributed by atoms with Gasteiger partial charge in [0.2, 0.25) is 11.8 Å². The lowest BCUT2D eigenvalue weighted by Crippen LogP contribution is -2.26. The number of hydrogen-bond acceptors (Lipinski definition) is 4. The number of carbonyl (C=O) groups excluding carboxylic acids is 2. The predicted octanol–water partition coefficient (Wildman–Crippen LogP) is 1.67. The molecule has 1 heterocycles. The molecule has 7 heteroatoms. The molecule has 0 aliphatic heterocycles. The number of hydrogen-bond donors (Lipinski definition) is 2. The molecule has 0 unspecified atom stereocenters. The van der Waals surface area contributed by atoms with E-state index in [1.807, 2.05) is 6.07 Å². The van der Waals surface area contributed by atoms with E-state index in [4.69, 9.17) is 0 Å². The lowest BCUT2D eigenvalue weighted by Gasteiger charge is -2.08. The number of anilines is 1. The maximum Gasteiger partial charge on any atom is 0.247 e. The highest BCUT2D eigenvalue weighted by Gasteiger charge is 2.08. The normalized spacial score (nSPS) is 10.2. The van der Waals surface area contributed by atoms with E-state index in [9.17, 15) is 9.59 Å². The summed E-state index contributed by atoms with van der Waals surface area (Å²) in [6, 6.07) is 7.15. The van der Waals surface area contributed by atoms with Gasteiger partial charge in [0.1, 0.15) is 12.2 Å². The highest BCUT2D eigenvalue weighted by Crippen LogP contribution is 2.11. The third kappa shape index (κ3) is 5.05. The van der Waals surface area contributed by atoms with Crippen LogP contribution in [0.2, 0.25) is 0 Å². The Morgan fingerprint density at radius 3 is 2.96 bits per heavy atom. The molecule has 0 atom stereocenters. The zero-order chi connectivity index (χ0) is 17.4. The molecular formula is C17H21N5O2. The minimum atomic E-state index is -0.285. The monoisotopic (exact) mass is 327 g/mol. The molecule has 0 aliphatic rings. The zero-order valence-electron chi connectivity index (χ0n) is 13.7. The summed E-state index contributed by atoms with van der Waals surface area (Å²) in [6.45, 7) is 6.58. The molecule has 0 aliphatic carbocycles. The Balaban J connectivity index is 1.90. The summed E-state index contributed by atoms with van der Waals surface area (Å²) in [5.41, 5.74) is 1.44. The third-order valence-electron chi connectivity index (χ3n) is 3.32. The van der Waals surface area contributed by atoms with E-state index in [1.165, 1.54) is 12.4 Å². The molecule has 126 valence electrons. The lowest BCUT2D eigenvalue weighted by molar-refractivity contribution is -0.120. The number of nitrogens with one attached hydrogen (secondary N) is 2. The number of nitrogens with zero attached hydrogens (tertiary/aromatic N) is 3. The van der Waals surface area contributed by atoms with Crippen LogP contribution < -0.4 is 10.6 Å². The Hall–Kier alpha value is -2.96. The van der Waals surface area contributed by atoms with Gasteiger partial charge in [-0.25, -0.2) is 9.67 Å². The van der Waals surface area contributed by atoms with Gasteiger partial charge >= 0.3 is 0 Å². The van der Waals surface area contributed by atoms with Gasteiger partial charge in [-0.05, 0) is 30.2 Å². The molecule has 2 amide bonds. The van der Waals surface area contributed by atoms with Crippen LogP contribution in [-0.2, 0) is 29.1 Å². The molecule has 1 aromatic carbocycles. The largest absolute Gasteiger partial charge is 0.349 e. The van der Waals surface area contributed by atoms with Crippen molar-refractivity contribution in [3.63, 3.8) is 0 Å². The van der Waals surface area contributed by atoms with E-state index in [2.05, 4.69) is 34.2 Å². The minimum absolute atomic E-state index is 0.117. The summed E-state index contributed by atoms with van der Waals surface area (Å²) < 4.78 is 1.78. The summed E-state index contributed by atoms with van der Waals surface area (Å²) in [6.07, 6.45) is 3.86. The standard InChI is InChI=1S/C17H21N5O2/c1-3-8-22-15(19-12-20-22)11-18-17(24)10-13-6-5-7-14(9-13)21-16(23)4-2/h4-7,9,12H,2-3,8,10-11H2,1H3,(H,18,24)(H,21,23). The van der Waals surface area contributed by atoms with Gasteiger partial charge in [-0.3, -0.25) is 9.59 Å². The molecule has 7 nitrogen and oxygen atoms in total. The number of carbonyl (C=O) groups is 2. The van der Waals surface area contributed by atoms with Crippen molar-refractivity contribution in [2.24, 2.45) is 0 Å². The number of aryl methyl sites for hydroxylation is 1. The zero-order valence-corrected chi connectivity index (χ0v) is 13.7. The average Bonchev–Trinajstić information content (AvgIpc) is 3.01. The Bertz CT molecular complexity index is 723. The quantitative estimate of drug-likeness (QED) is 0.722. The average molecular weight is 327 g/mol. The molecule has 1 aromatic heterocycles. The molecular weight excluding hydrogens is 306 g/mol. The van der Waals surface area contributed by atoms with Crippen LogP contribution in [0.4, 0.5) is 5.69 Å². The first-order valence-corrected chi connectivity index (χ1v) is 7.78. The smallest absolute Gasteiger partial charge is 0.247 e. The Morgan fingerprint density at radius 2 is 2.21 bits per heavy atom. The van der Waals surface area contributed by atoms with E-state index in [1.54, 1.807) is 22.9 Å².